The monoisotopic (exact) mass is 234 g/mol. The van der Waals surface area contributed by atoms with Crippen LogP contribution in [0.15, 0.2) is 36.9 Å². The lowest BCUT2D eigenvalue weighted by Gasteiger charge is -2.02. The zero-order valence-corrected chi connectivity index (χ0v) is 9.31. The van der Waals surface area contributed by atoms with Crippen LogP contribution in [0.25, 0.3) is 33.2 Å². The zero-order chi connectivity index (χ0) is 11.9. The highest BCUT2D eigenvalue weighted by Crippen LogP contribution is 2.27. The van der Waals surface area contributed by atoms with E-state index in [2.05, 4.69) is 31.2 Å². The third kappa shape index (κ3) is 1.24. The van der Waals surface area contributed by atoms with Crippen molar-refractivity contribution < 1.29 is 0 Å². The van der Waals surface area contributed by atoms with E-state index < -0.39 is 0 Å². The van der Waals surface area contributed by atoms with Gasteiger partial charge in [0.2, 0.25) is 0 Å². The molecule has 0 amide bonds. The van der Waals surface area contributed by atoms with Crippen LogP contribution in [0.1, 0.15) is 0 Å². The molecule has 4 rings (SSSR count). The molecule has 5 heteroatoms. The van der Waals surface area contributed by atoms with E-state index >= 15 is 0 Å². The van der Waals surface area contributed by atoms with Gasteiger partial charge in [-0.25, -0.2) is 9.97 Å². The van der Waals surface area contributed by atoms with Crippen LogP contribution < -0.4 is 0 Å². The Morgan fingerprint density at radius 2 is 2.06 bits per heavy atom. The highest BCUT2D eigenvalue weighted by molar-refractivity contribution is 5.94. The minimum absolute atomic E-state index is 0.748. The molecular weight excluding hydrogens is 226 g/mol. The van der Waals surface area contributed by atoms with Gasteiger partial charge in [-0.1, -0.05) is 0 Å². The second kappa shape index (κ2) is 3.40. The summed E-state index contributed by atoms with van der Waals surface area (Å²) < 4.78 is 0. The van der Waals surface area contributed by atoms with Gasteiger partial charge < -0.3 is 4.98 Å². The molecule has 4 aromatic heterocycles. The molecule has 0 aliphatic carbocycles. The number of fused-ring (bicyclic) bond motifs is 2. The van der Waals surface area contributed by atoms with E-state index in [1.165, 1.54) is 0 Å². The zero-order valence-electron chi connectivity index (χ0n) is 9.31. The number of hydrogen-bond acceptors (Lipinski definition) is 3. The smallest absolute Gasteiger partial charge is 0.155 e. The highest BCUT2D eigenvalue weighted by atomic mass is 15.1. The van der Waals surface area contributed by atoms with Crippen molar-refractivity contribution in [2.75, 3.05) is 0 Å². The van der Waals surface area contributed by atoms with Crippen molar-refractivity contribution >= 4 is 22.1 Å². The van der Waals surface area contributed by atoms with Crippen molar-refractivity contribution in [1.29, 1.82) is 0 Å². The first-order valence-corrected chi connectivity index (χ1v) is 5.56. The first-order chi connectivity index (χ1) is 8.92. The second-order valence-electron chi connectivity index (χ2n) is 4.03. The molecule has 0 saturated carbocycles. The third-order valence-electron chi connectivity index (χ3n) is 2.96. The number of nitrogens with zero attached hydrogens (tertiary/aromatic N) is 3. The van der Waals surface area contributed by atoms with Crippen LogP contribution in [0, 0.1) is 6.07 Å². The number of H-pyrrole nitrogens is 2. The first-order valence-electron chi connectivity index (χ1n) is 5.56. The summed E-state index contributed by atoms with van der Waals surface area (Å²) in [6.45, 7) is 0. The van der Waals surface area contributed by atoms with E-state index in [4.69, 9.17) is 0 Å². The Kier molecular flexibility index (Phi) is 1.77. The standard InChI is InChI=1S/C13H8N5/c1-3-14-13-11(2-4-15-13)10(1)8-5-9-7-17-18-12(9)16-6-8/h1-4,6-7H,(H,14,15)(H,16,17,18). The molecule has 0 aliphatic rings. The van der Waals surface area contributed by atoms with Crippen molar-refractivity contribution in [1.82, 2.24) is 25.1 Å². The molecule has 0 aromatic carbocycles. The van der Waals surface area contributed by atoms with Gasteiger partial charge in [-0.2, -0.15) is 5.10 Å². The fraction of sp³-hybridized carbons (Fsp3) is 0. The van der Waals surface area contributed by atoms with Crippen LogP contribution in [-0.2, 0) is 0 Å². The van der Waals surface area contributed by atoms with Gasteiger partial charge in [0.1, 0.15) is 5.65 Å². The molecule has 85 valence electrons. The quantitative estimate of drug-likeness (QED) is 0.531. The lowest BCUT2D eigenvalue weighted by molar-refractivity contribution is 1.10. The van der Waals surface area contributed by atoms with Crippen molar-refractivity contribution in [3.63, 3.8) is 0 Å². The molecule has 18 heavy (non-hydrogen) atoms. The van der Waals surface area contributed by atoms with Gasteiger partial charge in [-0.05, 0) is 17.7 Å². The maximum absolute atomic E-state index is 4.33. The van der Waals surface area contributed by atoms with E-state index in [-0.39, 0.29) is 0 Å². The summed E-state index contributed by atoms with van der Waals surface area (Å²) in [5, 5.41) is 8.72. The van der Waals surface area contributed by atoms with E-state index in [9.17, 15) is 0 Å². The van der Waals surface area contributed by atoms with Gasteiger partial charge in [0, 0.05) is 41.0 Å². The topological polar surface area (TPSA) is 70.2 Å². The van der Waals surface area contributed by atoms with Crippen LogP contribution in [0.3, 0.4) is 0 Å². The Bertz CT molecular complexity index is 842. The molecule has 4 aromatic rings. The van der Waals surface area contributed by atoms with Crippen molar-refractivity contribution in [3.05, 3.63) is 43.0 Å². The molecule has 5 nitrogen and oxygen atoms in total. The van der Waals surface area contributed by atoms with Gasteiger partial charge in [0.15, 0.2) is 5.65 Å². The molecule has 0 saturated heterocycles. The van der Waals surface area contributed by atoms with Gasteiger partial charge in [0.25, 0.3) is 0 Å². The first kappa shape index (κ1) is 9.35. The minimum Gasteiger partial charge on any atom is -0.346 e. The molecule has 0 bridgehead atoms. The molecule has 0 unspecified atom stereocenters. The fourth-order valence-corrected chi connectivity index (χ4v) is 2.11. The summed E-state index contributed by atoms with van der Waals surface area (Å²) in [6.07, 6.45) is 7.18. The molecule has 0 atom stereocenters. The van der Waals surface area contributed by atoms with Gasteiger partial charge >= 0.3 is 0 Å². The Hall–Kier alpha value is -2.69. The molecule has 4 heterocycles. The van der Waals surface area contributed by atoms with Crippen molar-refractivity contribution in [3.8, 4) is 11.1 Å². The van der Waals surface area contributed by atoms with E-state index in [1.807, 2.05) is 18.3 Å². The van der Waals surface area contributed by atoms with Gasteiger partial charge in [-0.3, -0.25) is 5.10 Å². The summed E-state index contributed by atoms with van der Waals surface area (Å²) in [6, 6.07) is 7.28. The van der Waals surface area contributed by atoms with Gasteiger partial charge in [0.05, 0.1) is 6.20 Å². The predicted octanol–water partition coefficient (Wildman–Crippen LogP) is 2.30. The second-order valence-corrected chi connectivity index (χ2v) is 4.03. The largest absolute Gasteiger partial charge is 0.346 e. The van der Waals surface area contributed by atoms with E-state index in [0.717, 1.165) is 33.2 Å². The Balaban J connectivity index is 2.03. The van der Waals surface area contributed by atoms with Crippen LogP contribution >= 0.6 is 0 Å². The number of aromatic amines is 2. The highest BCUT2D eigenvalue weighted by Gasteiger charge is 2.07. The maximum Gasteiger partial charge on any atom is 0.155 e. The average Bonchev–Trinajstić information content (AvgIpc) is 3.05. The Labute approximate surface area is 102 Å². The number of rotatable bonds is 1. The van der Waals surface area contributed by atoms with E-state index in [1.54, 1.807) is 18.6 Å². The number of aromatic nitrogens is 5. The lowest BCUT2D eigenvalue weighted by Crippen LogP contribution is -1.84. The van der Waals surface area contributed by atoms with Gasteiger partial charge in [-0.15, -0.1) is 0 Å². The number of hydrogen-bond donors (Lipinski definition) is 2. The lowest BCUT2D eigenvalue weighted by atomic mass is 10.1. The van der Waals surface area contributed by atoms with Crippen molar-refractivity contribution in [2.24, 2.45) is 0 Å². The average molecular weight is 234 g/mol. The molecule has 2 N–H and O–H groups in total. The van der Waals surface area contributed by atoms with Crippen LogP contribution in [0.2, 0.25) is 0 Å². The molecular formula is C13H8N5. The van der Waals surface area contributed by atoms with Crippen LogP contribution in [0.4, 0.5) is 0 Å². The normalized spacial score (nSPS) is 11.3. The summed E-state index contributed by atoms with van der Waals surface area (Å²) in [5.74, 6) is 0. The Morgan fingerprint density at radius 1 is 1.06 bits per heavy atom. The summed E-state index contributed by atoms with van der Waals surface area (Å²) in [5.41, 5.74) is 3.62. The van der Waals surface area contributed by atoms with Crippen LogP contribution in [-0.4, -0.2) is 25.1 Å². The number of nitrogens with one attached hydrogen (secondary N) is 2. The Morgan fingerprint density at radius 3 is 3.06 bits per heavy atom. The SMILES string of the molecule is [c]1c(-c2ccnc3[nH]ccc23)cnc2[nH]ncc12. The fourth-order valence-electron chi connectivity index (χ4n) is 2.11. The molecule has 0 aliphatic heterocycles. The minimum atomic E-state index is 0.748. The molecule has 0 fully saturated rings. The summed E-state index contributed by atoms with van der Waals surface area (Å²) in [7, 11) is 0. The van der Waals surface area contributed by atoms with E-state index in [0.29, 0.717) is 0 Å². The molecule has 1 radical (unpaired) electrons. The summed E-state index contributed by atoms with van der Waals surface area (Å²) in [4.78, 5) is 11.7. The molecule has 0 spiro atoms. The predicted molar refractivity (Wildman–Crippen MR) is 67.8 cm³/mol. The third-order valence-corrected chi connectivity index (χ3v) is 2.96. The van der Waals surface area contributed by atoms with Crippen molar-refractivity contribution in [2.45, 2.75) is 0 Å². The number of pyridine rings is 2. The summed E-state index contributed by atoms with van der Waals surface area (Å²) >= 11 is 0. The maximum atomic E-state index is 4.33. The van der Waals surface area contributed by atoms with Crippen LogP contribution in [0.5, 0.6) is 0 Å².